The fourth-order valence-electron chi connectivity index (χ4n) is 2.42. The molecule has 0 aliphatic rings. The molecular weight excluding hydrogens is 332 g/mol. The second kappa shape index (κ2) is 10.3. The maximum atomic E-state index is 11.6. The lowest BCUT2D eigenvalue weighted by Gasteiger charge is -2.13. The Morgan fingerprint density at radius 3 is 2.42 bits per heavy atom. The minimum Gasteiger partial charge on any atom is -0.490 e. The monoisotopic (exact) mass is 358 g/mol. The highest BCUT2D eigenvalue weighted by molar-refractivity contribution is 5.89. The molecule has 1 heterocycles. The molecule has 140 valence electrons. The van der Waals surface area contributed by atoms with E-state index >= 15 is 0 Å². The molecule has 0 spiro atoms. The van der Waals surface area contributed by atoms with Crippen molar-refractivity contribution in [2.45, 2.75) is 27.2 Å². The number of anilines is 1. The minimum absolute atomic E-state index is 0.352. The zero-order chi connectivity index (χ0) is 18.8. The number of carbonyl (C=O) groups excluding carboxylic acids is 1. The quantitative estimate of drug-likeness (QED) is 0.653. The molecule has 2 aromatic rings. The fraction of sp³-hybridized carbons (Fsp3) is 0.400. The lowest BCUT2D eigenvalue weighted by Crippen LogP contribution is -2.09. The standard InChI is InChI=1S/C20H26N2O4/c1-4-24-17-9-7-15(13-18(17)25-5-2)11-12-21-19-10-8-16(14-22-19)20(23)26-6-3/h7-10,13-14H,4-6,11-12H2,1-3H3,(H,21,22). The van der Waals surface area contributed by atoms with E-state index < -0.39 is 0 Å². The summed E-state index contributed by atoms with van der Waals surface area (Å²) in [5.41, 5.74) is 1.60. The maximum absolute atomic E-state index is 11.6. The van der Waals surface area contributed by atoms with Gasteiger partial charge in [0, 0.05) is 12.7 Å². The van der Waals surface area contributed by atoms with Gasteiger partial charge in [0.25, 0.3) is 0 Å². The van der Waals surface area contributed by atoms with Crippen LogP contribution in [0.3, 0.4) is 0 Å². The lowest BCUT2D eigenvalue weighted by molar-refractivity contribution is 0.0526. The summed E-state index contributed by atoms with van der Waals surface area (Å²) in [6.45, 7) is 7.95. The molecule has 6 nitrogen and oxygen atoms in total. The molecule has 0 atom stereocenters. The zero-order valence-electron chi connectivity index (χ0n) is 15.6. The third-order valence-corrected chi connectivity index (χ3v) is 3.60. The van der Waals surface area contributed by atoms with Crippen LogP contribution in [0.25, 0.3) is 0 Å². The largest absolute Gasteiger partial charge is 0.490 e. The van der Waals surface area contributed by atoms with E-state index in [2.05, 4.69) is 10.3 Å². The van der Waals surface area contributed by atoms with Crippen molar-refractivity contribution in [3.05, 3.63) is 47.7 Å². The van der Waals surface area contributed by atoms with Gasteiger partial charge in [-0.1, -0.05) is 6.07 Å². The molecule has 1 N–H and O–H groups in total. The van der Waals surface area contributed by atoms with Gasteiger partial charge in [0.1, 0.15) is 5.82 Å². The molecule has 6 heteroatoms. The number of benzene rings is 1. The Balaban J connectivity index is 1.90. The number of hydrogen-bond acceptors (Lipinski definition) is 6. The number of aromatic nitrogens is 1. The van der Waals surface area contributed by atoms with Crippen molar-refractivity contribution in [1.82, 2.24) is 4.98 Å². The van der Waals surface area contributed by atoms with E-state index in [9.17, 15) is 4.79 Å². The number of pyridine rings is 1. The van der Waals surface area contributed by atoms with Gasteiger partial charge in [0.2, 0.25) is 0 Å². The van der Waals surface area contributed by atoms with Crippen LogP contribution in [0.2, 0.25) is 0 Å². The predicted molar refractivity (Wildman–Crippen MR) is 101 cm³/mol. The summed E-state index contributed by atoms with van der Waals surface area (Å²) in [7, 11) is 0. The molecule has 26 heavy (non-hydrogen) atoms. The van der Waals surface area contributed by atoms with Gasteiger partial charge in [-0.15, -0.1) is 0 Å². The molecule has 0 saturated heterocycles. The fourth-order valence-corrected chi connectivity index (χ4v) is 2.42. The van der Waals surface area contributed by atoms with Crippen molar-refractivity contribution in [3.63, 3.8) is 0 Å². The Morgan fingerprint density at radius 2 is 1.77 bits per heavy atom. The Bertz CT molecular complexity index is 701. The number of ether oxygens (including phenoxy) is 3. The van der Waals surface area contributed by atoms with Gasteiger partial charge in [-0.2, -0.15) is 0 Å². The van der Waals surface area contributed by atoms with E-state index in [1.807, 2.05) is 32.0 Å². The van der Waals surface area contributed by atoms with E-state index in [-0.39, 0.29) is 5.97 Å². The van der Waals surface area contributed by atoms with Crippen LogP contribution in [0.5, 0.6) is 11.5 Å². The number of esters is 1. The maximum Gasteiger partial charge on any atom is 0.339 e. The zero-order valence-corrected chi connectivity index (χ0v) is 15.6. The molecule has 1 aromatic heterocycles. The number of nitrogens with zero attached hydrogens (tertiary/aromatic N) is 1. The normalized spacial score (nSPS) is 10.3. The van der Waals surface area contributed by atoms with Crippen LogP contribution >= 0.6 is 0 Å². The number of carbonyl (C=O) groups is 1. The second-order valence-corrected chi connectivity index (χ2v) is 5.48. The van der Waals surface area contributed by atoms with Crippen molar-refractivity contribution in [1.29, 1.82) is 0 Å². The van der Waals surface area contributed by atoms with Crippen LogP contribution in [0.4, 0.5) is 5.82 Å². The third kappa shape index (κ3) is 5.65. The van der Waals surface area contributed by atoms with E-state index in [0.29, 0.717) is 37.7 Å². The molecule has 0 fully saturated rings. The van der Waals surface area contributed by atoms with Crippen molar-refractivity contribution in [2.75, 3.05) is 31.7 Å². The lowest BCUT2D eigenvalue weighted by atomic mass is 10.1. The van der Waals surface area contributed by atoms with Gasteiger partial charge in [-0.25, -0.2) is 9.78 Å². The number of rotatable bonds is 10. The number of nitrogens with one attached hydrogen (secondary N) is 1. The highest BCUT2D eigenvalue weighted by atomic mass is 16.5. The summed E-state index contributed by atoms with van der Waals surface area (Å²) in [6, 6.07) is 9.46. The molecule has 0 amide bonds. The van der Waals surface area contributed by atoms with Crippen LogP contribution in [-0.4, -0.2) is 37.3 Å². The van der Waals surface area contributed by atoms with Gasteiger partial charge in [0.15, 0.2) is 11.5 Å². The summed E-state index contributed by atoms with van der Waals surface area (Å²) < 4.78 is 16.2. The van der Waals surface area contributed by atoms with Crippen molar-refractivity contribution >= 4 is 11.8 Å². The van der Waals surface area contributed by atoms with Crippen molar-refractivity contribution < 1.29 is 19.0 Å². The first-order valence-electron chi connectivity index (χ1n) is 8.93. The number of hydrogen-bond donors (Lipinski definition) is 1. The summed E-state index contributed by atoms with van der Waals surface area (Å²) in [5.74, 6) is 1.89. The highest BCUT2D eigenvalue weighted by Crippen LogP contribution is 2.28. The average molecular weight is 358 g/mol. The molecule has 0 radical (unpaired) electrons. The highest BCUT2D eigenvalue weighted by Gasteiger charge is 2.08. The van der Waals surface area contributed by atoms with E-state index in [4.69, 9.17) is 14.2 Å². The Morgan fingerprint density at radius 1 is 1.00 bits per heavy atom. The Labute approximate surface area is 154 Å². The molecule has 1 aromatic carbocycles. The minimum atomic E-state index is -0.357. The first-order chi connectivity index (χ1) is 12.7. The predicted octanol–water partition coefficient (Wildman–Crippen LogP) is 3.71. The average Bonchev–Trinajstić information content (AvgIpc) is 2.65. The summed E-state index contributed by atoms with van der Waals surface area (Å²) >= 11 is 0. The molecule has 0 aliphatic heterocycles. The van der Waals surface area contributed by atoms with Gasteiger partial charge in [-0.05, 0) is 57.0 Å². The molecular formula is C20H26N2O4. The van der Waals surface area contributed by atoms with E-state index in [1.54, 1.807) is 19.1 Å². The SMILES string of the molecule is CCOC(=O)c1ccc(NCCc2ccc(OCC)c(OCC)c2)nc1. The van der Waals surface area contributed by atoms with Crippen LogP contribution in [0.1, 0.15) is 36.7 Å². The van der Waals surface area contributed by atoms with E-state index in [0.717, 1.165) is 23.5 Å². The van der Waals surface area contributed by atoms with Gasteiger partial charge < -0.3 is 19.5 Å². The Hall–Kier alpha value is -2.76. The van der Waals surface area contributed by atoms with Crippen LogP contribution in [0, 0.1) is 0 Å². The van der Waals surface area contributed by atoms with Gasteiger partial charge in [0.05, 0.1) is 25.4 Å². The van der Waals surface area contributed by atoms with Crippen LogP contribution in [-0.2, 0) is 11.2 Å². The first kappa shape index (κ1) is 19.6. The third-order valence-electron chi connectivity index (χ3n) is 3.60. The second-order valence-electron chi connectivity index (χ2n) is 5.48. The molecule has 0 bridgehead atoms. The van der Waals surface area contributed by atoms with Gasteiger partial charge >= 0.3 is 5.97 Å². The summed E-state index contributed by atoms with van der Waals surface area (Å²) in [6.07, 6.45) is 2.33. The Kier molecular flexibility index (Phi) is 7.74. The van der Waals surface area contributed by atoms with E-state index in [1.165, 1.54) is 6.20 Å². The molecule has 2 rings (SSSR count). The molecule has 0 aliphatic carbocycles. The molecule has 0 unspecified atom stereocenters. The molecule has 0 saturated carbocycles. The van der Waals surface area contributed by atoms with Crippen molar-refractivity contribution in [2.24, 2.45) is 0 Å². The smallest absolute Gasteiger partial charge is 0.339 e. The summed E-state index contributed by atoms with van der Waals surface area (Å²) in [5, 5.41) is 3.25. The van der Waals surface area contributed by atoms with Crippen LogP contribution < -0.4 is 14.8 Å². The first-order valence-corrected chi connectivity index (χ1v) is 8.93. The van der Waals surface area contributed by atoms with Gasteiger partial charge in [-0.3, -0.25) is 0 Å². The summed E-state index contributed by atoms with van der Waals surface area (Å²) in [4.78, 5) is 15.9. The topological polar surface area (TPSA) is 69.7 Å². The van der Waals surface area contributed by atoms with Crippen LogP contribution in [0.15, 0.2) is 36.5 Å². The van der Waals surface area contributed by atoms with Crippen molar-refractivity contribution in [3.8, 4) is 11.5 Å².